The number of carbonyl (C=O) groups is 2. The van der Waals surface area contributed by atoms with Crippen LogP contribution in [-0.4, -0.2) is 67.7 Å². The third-order valence-electron chi connectivity index (χ3n) is 4.07. The summed E-state index contributed by atoms with van der Waals surface area (Å²) in [5, 5.41) is 8.84. The van der Waals surface area contributed by atoms with Gasteiger partial charge < -0.3 is 14.5 Å². The third kappa shape index (κ3) is 5.47. The quantitative estimate of drug-likeness (QED) is 0.785. The first kappa shape index (κ1) is 18.7. The van der Waals surface area contributed by atoms with Crippen LogP contribution in [0.25, 0.3) is 0 Å². The van der Waals surface area contributed by atoms with Gasteiger partial charge in [-0.3, -0.25) is 9.69 Å². The number of rotatable bonds is 6. The minimum Gasteiger partial charge on any atom is -0.450 e. The number of nitrogens with zero attached hydrogens (tertiary/aromatic N) is 4. The average molecular weight is 344 g/mol. The Balaban J connectivity index is 1.91. The first-order chi connectivity index (χ1) is 12.2. The van der Waals surface area contributed by atoms with Crippen molar-refractivity contribution in [3.8, 4) is 6.07 Å². The van der Waals surface area contributed by atoms with Gasteiger partial charge in [0.25, 0.3) is 0 Å². The van der Waals surface area contributed by atoms with E-state index >= 15 is 0 Å². The van der Waals surface area contributed by atoms with Gasteiger partial charge in [-0.1, -0.05) is 18.2 Å². The number of amides is 2. The lowest BCUT2D eigenvalue weighted by Gasteiger charge is -2.34. The number of piperazine rings is 1. The monoisotopic (exact) mass is 344 g/mol. The summed E-state index contributed by atoms with van der Waals surface area (Å²) in [7, 11) is 0. The molecule has 1 fully saturated rings. The lowest BCUT2D eigenvalue weighted by Crippen LogP contribution is -2.51. The van der Waals surface area contributed by atoms with Gasteiger partial charge in [-0.05, 0) is 19.1 Å². The van der Waals surface area contributed by atoms with Crippen molar-refractivity contribution >= 4 is 17.7 Å². The fraction of sp³-hybridized carbons (Fsp3) is 0.500. The Kier molecular flexibility index (Phi) is 7.23. The summed E-state index contributed by atoms with van der Waals surface area (Å²) in [6, 6.07) is 11.5. The van der Waals surface area contributed by atoms with Crippen molar-refractivity contribution in [3.05, 3.63) is 30.3 Å². The molecule has 7 heteroatoms. The third-order valence-corrected chi connectivity index (χ3v) is 4.07. The second-order valence-electron chi connectivity index (χ2n) is 5.75. The van der Waals surface area contributed by atoms with E-state index in [-0.39, 0.29) is 25.0 Å². The van der Waals surface area contributed by atoms with E-state index in [2.05, 4.69) is 6.07 Å². The standard InChI is InChI=1S/C18H24N4O3/c1-2-25-18(24)21-13-11-20(12-14-21)15-17(23)22(10-6-9-19)16-7-4-3-5-8-16/h3-5,7-8H,2,6,10-15H2,1H3. The van der Waals surface area contributed by atoms with Crippen LogP contribution in [-0.2, 0) is 9.53 Å². The summed E-state index contributed by atoms with van der Waals surface area (Å²) in [5.41, 5.74) is 0.799. The molecule has 7 nitrogen and oxygen atoms in total. The molecule has 134 valence electrons. The van der Waals surface area contributed by atoms with E-state index in [0.717, 1.165) is 5.69 Å². The highest BCUT2D eigenvalue weighted by molar-refractivity contribution is 5.94. The van der Waals surface area contributed by atoms with E-state index in [0.29, 0.717) is 39.3 Å². The molecule has 1 aliphatic rings. The Bertz CT molecular complexity index is 606. The highest BCUT2D eigenvalue weighted by Gasteiger charge is 2.25. The van der Waals surface area contributed by atoms with E-state index in [1.54, 1.807) is 16.7 Å². The first-order valence-corrected chi connectivity index (χ1v) is 8.52. The van der Waals surface area contributed by atoms with Crippen LogP contribution < -0.4 is 4.90 Å². The maximum absolute atomic E-state index is 12.7. The number of anilines is 1. The average Bonchev–Trinajstić information content (AvgIpc) is 2.64. The van der Waals surface area contributed by atoms with Crippen LogP contribution in [0.2, 0.25) is 0 Å². The minimum absolute atomic E-state index is 0.0361. The van der Waals surface area contributed by atoms with Crippen molar-refractivity contribution in [2.45, 2.75) is 13.3 Å². The van der Waals surface area contributed by atoms with Gasteiger partial charge >= 0.3 is 6.09 Å². The van der Waals surface area contributed by atoms with E-state index in [9.17, 15) is 9.59 Å². The number of hydrogen-bond donors (Lipinski definition) is 0. The Labute approximate surface area is 148 Å². The van der Waals surface area contributed by atoms with Gasteiger partial charge in [0.05, 0.1) is 25.6 Å². The molecule has 0 aliphatic carbocycles. The SMILES string of the molecule is CCOC(=O)N1CCN(CC(=O)N(CCC#N)c2ccccc2)CC1. The molecule has 1 aliphatic heterocycles. The Hall–Kier alpha value is -2.59. The van der Waals surface area contributed by atoms with Gasteiger partial charge in [0.2, 0.25) is 5.91 Å². The van der Waals surface area contributed by atoms with Gasteiger partial charge in [-0.15, -0.1) is 0 Å². The van der Waals surface area contributed by atoms with Crippen molar-refractivity contribution < 1.29 is 14.3 Å². The molecule has 1 aromatic carbocycles. The van der Waals surface area contributed by atoms with Crippen LogP contribution in [0.15, 0.2) is 30.3 Å². The van der Waals surface area contributed by atoms with Crippen LogP contribution in [0, 0.1) is 11.3 Å². The number of carbonyl (C=O) groups excluding carboxylic acids is 2. The minimum atomic E-state index is -0.298. The zero-order chi connectivity index (χ0) is 18.1. The summed E-state index contributed by atoms with van der Waals surface area (Å²) in [5.74, 6) is -0.0361. The molecule has 0 radical (unpaired) electrons. The van der Waals surface area contributed by atoms with Gasteiger partial charge in [-0.2, -0.15) is 5.26 Å². The predicted molar refractivity (Wildman–Crippen MR) is 94.1 cm³/mol. The maximum atomic E-state index is 12.7. The number of nitriles is 1. The zero-order valence-electron chi connectivity index (χ0n) is 14.6. The van der Waals surface area contributed by atoms with Crippen LogP contribution in [0.1, 0.15) is 13.3 Å². The molecule has 0 N–H and O–H groups in total. The molecule has 1 saturated heterocycles. The van der Waals surface area contributed by atoms with Crippen LogP contribution in [0.4, 0.5) is 10.5 Å². The number of benzene rings is 1. The molecular weight excluding hydrogens is 320 g/mol. The van der Waals surface area contributed by atoms with E-state index in [4.69, 9.17) is 10.00 Å². The molecule has 0 bridgehead atoms. The van der Waals surface area contributed by atoms with Crippen molar-refractivity contribution in [1.29, 1.82) is 5.26 Å². The fourth-order valence-corrected chi connectivity index (χ4v) is 2.75. The van der Waals surface area contributed by atoms with Crippen LogP contribution >= 0.6 is 0 Å². The molecule has 0 saturated carbocycles. The molecule has 1 aromatic rings. The molecule has 0 aromatic heterocycles. The molecule has 2 amide bonds. The number of hydrogen-bond acceptors (Lipinski definition) is 5. The van der Waals surface area contributed by atoms with Gasteiger partial charge in [-0.25, -0.2) is 4.79 Å². The van der Waals surface area contributed by atoms with Crippen molar-refractivity contribution in [2.24, 2.45) is 0 Å². The summed E-state index contributed by atoms with van der Waals surface area (Å²) in [6.07, 6.45) is -0.00881. The van der Waals surface area contributed by atoms with Gasteiger partial charge in [0.1, 0.15) is 0 Å². The highest BCUT2D eigenvalue weighted by Crippen LogP contribution is 2.15. The number of para-hydroxylation sites is 1. The van der Waals surface area contributed by atoms with E-state index in [1.807, 2.05) is 35.2 Å². The Morgan fingerprint density at radius 1 is 1.20 bits per heavy atom. The predicted octanol–water partition coefficient (Wildman–Crippen LogP) is 1.71. The van der Waals surface area contributed by atoms with Crippen LogP contribution in [0.3, 0.4) is 0 Å². The fourth-order valence-electron chi connectivity index (χ4n) is 2.75. The molecule has 2 rings (SSSR count). The Morgan fingerprint density at radius 3 is 2.48 bits per heavy atom. The van der Waals surface area contributed by atoms with Crippen molar-refractivity contribution in [1.82, 2.24) is 9.80 Å². The van der Waals surface area contributed by atoms with E-state index in [1.165, 1.54) is 0 Å². The normalized spacial score (nSPS) is 14.6. The summed E-state index contributed by atoms with van der Waals surface area (Å²) >= 11 is 0. The molecule has 0 atom stereocenters. The highest BCUT2D eigenvalue weighted by atomic mass is 16.6. The molecule has 25 heavy (non-hydrogen) atoms. The topological polar surface area (TPSA) is 76.9 Å². The Morgan fingerprint density at radius 2 is 1.88 bits per heavy atom. The molecular formula is C18H24N4O3. The largest absolute Gasteiger partial charge is 0.450 e. The summed E-state index contributed by atoms with van der Waals surface area (Å²) in [6.45, 7) is 5.16. The lowest BCUT2D eigenvalue weighted by molar-refractivity contribution is -0.120. The smallest absolute Gasteiger partial charge is 0.409 e. The molecule has 0 spiro atoms. The van der Waals surface area contributed by atoms with Crippen molar-refractivity contribution in [3.63, 3.8) is 0 Å². The summed E-state index contributed by atoms with van der Waals surface area (Å²) in [4.78, 5) is 29.8. The summed E-state index contributed by atoms with van der Waals surface area (Å²) < 4.78 is 5.00. The van der Waals surface area contributed by atoms with Gasteiger partial charge in [0.15, 0.2) is 0 Å². The number of ether oxygens (including phenoxy) is 1. The van der Waals surface area contributed by atoms with Crippen LogP contribution in [0.5, 0.6) is 0 Å². The van der Waals surface area contributed by atoms with E-state index < -0.39 is 0 Å². The maximum Gasteiger partial charge on any atom is 0.409 e. The molecule has 1 heterocycles. The molecule has 0 unspecified atom stereocenters. The first-order valence-electron chi connectivity index (χ1n) is 8.52. The zero-order valence-corrected chi connectivity index (χ0v) is 14.6. The second kappa shape index (κ2) is 9.64. The van der Waals surface area contributed by atoms with Gasteiger partial charge in [0, 0.05) is 38.4 Å². The lowest BCUT2D eigenvalue weighted by atomic mass is 10.2. The second-order valence-corrected chi connectivity index (χ2v) is 5.75. The van der Waals surface area contributed by atoms with Crippen molar-refractivity contribution in [2.75, 3.05) is 50.8 Å².